The molecule has 0 bridgehead atoms. The first-order valence-corrected chi connectivity index (χ1v) is 25.8. The van der Waals surface area contributed by atoms with Crippen LogP contribution in [-0.4, -0.2) is 214 Å². The maximum atomic E-state index is 13.4. The highest BCUT2D eigenvalue weighted by atomic mass is 16.7. The molecule has 1 aliphatic heterocycles. The molecule has 4 rings (SSSR count). The van der Waals surface area contributed by atoms with Gasteiger partial charge in [-0.15, -0.1) is 0 Å². The number of hydrogen-bond donors (Lipinski definition) is 10. The van der Waals surface area contributed by atoms with E-state index in [1.807, 2.05) is 0 Å². The summed E-state index contributed by atoms with van der Waals surface area (Å²) in [6.45, 7) is -1.72. The normalized spacial score (nSPS) is 13.7. The number of amides is 10. The predicted molar refractivity (Wildman–Crippen MR) is 298 cm³/mol. The van der Waals surface area contributed by atoms with Gasteiger partial charge in [-0.2, -0.15) is 4.58 Å². The number of alkyl carbamates (subject to hydrolysis) is 10. The number of hydrogen-bond acceptors (Lipinski definition) is 24. The number of fused-ring (bicyclic) bond motifs is 2. The average Bonchev–Trinajstić information content (AvgIpc) is 1.35. The number of carboxylic acids is 1. The Labute approximate surface area is 495 Å². The second-order valence-electron chi connectivity index (χ2n) is 17.5. The minimum atomic E-state index is -2.03. The number of carbonyl (C=O) groups is 11. The van der Waals surface area contributed by atoms with Crippen molar-refractivity contribution in [2.45, 2.75) is 49.1 Å². The maximum Gasteiger partial charge on any atom is 0.412 e. The molecule has 2 aromatic rings. The number of benzene rings is 3. The Balaban J connectivity index is 2.20. The first-order valence-electron chi connectivity index (χ1n) is 25.8. The molecule has 474 valence electrons. The van der Waals surface area contributed by atoms with Crippen LogP contribution in [0.4, 0.5) is 53.6 Å². The van der Waals surface area contributed by atoms with Crippen LogP contribution in [0.25, 0.3) is 33.4 Å². The standard InChI is InChI=1S/C52H68N12O23/c1-53-43(67)77-23-33(80-45(69)55-3)36(82-47(71)57-5)38(84-49(73)59-7)40(86-51(75)61-9)63(11)25-17-19-29-31(21-25)79-32-22-26(18-20-30(32)35(29)27-15-13-14-16-28(27)42(65)66)64(12)41(87-52(76)62-10)39(85-50(74)60-8)37(83-48(72)58-6)34(81-46(70)56-4)24-78-44(68)54-2/h13-22,33-34,36-41H,23-24H2,1-12H3,(H10-,53,54,55,56,57,58,59,60,61,62,65,66,67,68,69,70,71,72,73,74,75,76). The molecule has 2 aliphatic rings. The molecule has 10 amide bonds. The van der Waals surface area contributed by atoms with Crippen molar-refractivity contribution in [1.82, 2.24) is 57.7 Å². The number of carbonyl (C=O) groups excluding carboxylic acids is 11. The topological polar surface area (TPSA) is 443 Å². The Morgan fingerprint density at radius 3 is 1.39 bits per heavy atom. The zero-order valence-electron chi connectivity index (χ0n) is 49.1. The zero-order chi connectivity index (χ0) is 64.7. The van der Waals surface area contributed by atoms with Crippen molar-refractivity contribution in [3.63, 3.8) is 0 Å². The van der Waals surface area contributed by atoms with Crippen LogP contribution in [-0.2, 0) is 47.4 Å². The molecule has 0 spiro atoms. The first kappa shape index (κ1) is 68.6. The number of aromatic carboxylic acids is 1. The van der Waals surface area contributed by atoms with Gasteiger partial charge in [-0.1, -0.05) is 24.3 Å². The van der Waals surface area contributed by atoms with Gasteiger partial charge in [0.25, 0.3) is 0 Å². The fourth-order valence-electron chi connectivity index (χ4n) is 8.10. The molecule has 2 aromatic carbocycles. The molecule has 0 radical (unpaired) electrons. The van der Waals surface area contributed by atoms with Crippen LogP contribution >= 0.6 is 0 Å². The van der Waals surface area contributed by atoms with Gasteiger partial charge in [-0.05, 0) is 23.8 Å². The summed E-state index contributed by atoms with van der Waals surface area (Å²) >= 11 is 0. The van der Waals surface area contributed by atoms with Crippen molar-refractivity contribution < 1.29 is 110 Å². The van der Waals surface area contributed by atoms with Crippen molar-refractivity contribution in [3.8, 4) is 22.5 Å². The fraction of sp³-hybridized carbons (Fsp3) is 0.423. The average molecular weight is 1230 g/mol. The van der Waals surface area contributed by atoms with Gasteiger partial charge in [0.1, 0.15) is 31.6 Å². The Bertz CT molecular complexity index is 3180. The van der Waals surface area contributed by atoms with E-state index < -0.39 is 129 Å². The van der Waals surface area contributed by atoms with E-state index in [1.165, 1.54) is 149 Å². The van der Waals surface area contributed by atoms with E-state index in [9.17, 15) is 57.8 Å². The highest BCUT2D eigenvalue weighted by Crippen LogP contribution is 2.42. The molecule has 0 aromatic heterocycles. The van der Waals surface area contributed by atoms with Crippen LogP contribution in [0.5, 0.6) is 0 Å². The van der Waals surface area contributed by atoms with Crippen LogP contribution in [0.3, 0.4) is 0 Å². The predicted octanol–water partition coefficient (Wildman–Crippen LogP) is -0.170. The van der Waals surface area contributed by atoms with E-state index in [4.69, 9.17) is 51.8 Å². The minimum absolute atomic E-state index is 0.0470. The van der Waals surface area contributed by atoms with Crippen molar-refractivity contribution >= 4 is 83.6 Å². The number of nitrogens with one attached hydrogen (secondary N) is 10. The summed E-state index contributed by atoms with van der Waals surface area (Å²) in [5, 5.41) is 35.5. The van der Waals surface area contributed by atoms with Crippen LogP contribution in [0.15, 0.2) is 65.1 Å². The molecule has 1 heterocycles. The van der Waals surface area contributed by atoms with Gasteiger partial charge in [0.2, 0.25) is 23.8 Å². The molecule has 8 atom stereocenters. The van der Waals surface area contributed by atoms with Gasteiger partial charge in [-0.3, -0.25) is 0 Å². The lowest BCUT2D eigenvalue weighted by Crippen LogP contribution is -2.59. The SMILES string of the molecule is CNC(=O)OCC(OC(=O)NC)C(OC(=O)NC)C(OC(=O)NC)C(OC(=O)NC)N(C)c1ccc2c(-c3ccccc3C(=O)[O-])c3cc/c(=[N+](/C)C(OC(=O)NC)C(OC(=O)NC)C(OC(=O)NC)C(COC(=O)NC)OC(=O)NC)cc-3oc2c1. The molecule has 35 heteroatoms. The van der Waals surface area contributed by atoms with Crippen molar-refractivity contribution in [3.05, 3.63) is 71.6 Å². The van der Waals surface area contributed by atoms with Gasteiger partial charge >= 0.3 is 67.2 Å². The summed E-state index contributed by atoms with van der Waals surface area (Å²) in [7, 11) is 14.6. The van der Waals surface area contributed by atoms with Gasteiger partial charge in [-0.25, -0.2) is 47.9 Å². The van der Waals surface area contributed by atoms with Gasteiger partial charge in [0.15, 0.2) is 24.4 Å². The summed E-state index contributed by atoms with van der Waals surface area (Å²) in [5.41, 5.74) is 0.279. The van der Waals surface area contributed by atoms with Gasteiger partial charge in [0, 0.05) is 117 Å². The van der Waals surface area contributed by atoms with Crippen molar-refractivity contribution in [1.29, 1.82) is 0 Å². The van der Waals surface area contributed by atoms with Gasteiger partial charge < -0.3 is 120 Å². The monoisotopic (exact) mass is 1230 g/mol. The highest BCUT2D eigenvalue weighted by Gasteiger charge is 2.50. The molecule has 35 nitrogen and oxygen atoms in total. The molecule has 8 unspecified atom stereocenters. The summed E-state index contributed by atoms with van der Waals surface area (Å²) < 4.78 is 63.9. The van der Waals surface area contributed by atoms with Crippen LogP contribution in [0, 0.1) is 0 Å². The fourth-order valence-corrected chi connectivity index (χ4v) is 8.10. The summed E-state index contributed by atoms with van der Waals surface area (Å²) in [4.78, 5) is 144. The van der Waals surface area contributed by atoms with Crippen LogP contribution in [0.2, 0.25) is 0 Å². The van der Waals surface area contributed by atoms with E-state index >= 15 is 0 Å². The van der Waals surface area contributed by atoms with Gasteiger partial charge in [0.05, 0.1) is 12.0 Å². The molecule has 0 saturated heterocycles. The largest absolute Gasteiger partial charge is 0.545 e. The van der Waals surface area contributed by atoms with Crippen LogP contribution < -0.4 is 73.1 Å². The Kier molecular flexibility index (Phi) is 25.9. The van der Waals surface area contributed by atoms with E-state index in [2.05, 4.69) is 53.2 Å². The molecular formula is C52H68N12O23. The Hall–Kier alpha value is -10.9. The smallest absolute Gasteiger partial charge is 0.412 e. The summed E-state index contributed by atoms with van der Waals surface area (Å²) in [6, 6.07) is 14.5. The Morgan fingerprint density at radius 1 is 0.483 bits per heavy atom. The third-order valence-corrected chi connectivity index (χ3v) is 12.4. The van der Waals surface area contributed by atoms with Crippen molar-refractivity contribution in [2.24, 2.45) is 0 Å². The molecule has 1 aliphatic carbocycles. The van der Waals surface area contributed by atoms with E-state index in [-0.39, 0.29) is 50.0 Å². The molecule has 10 N–H and O–H groups in total. The number of carboxylic acid groups (broad SMARTS) is 1. The van der Waals surface area contributed by atoms with Crippen LogP contribution in [0.1, 0.15) is 10.4 Å². The van der Waals surface area contributed by atoms with E-state index in [0.717, 1.165) is 0 Å². The highest BCUT2D eigenvalue weighted by molar-refractivity contribution is 6.07. The summed E-state index contributed by atoms with van der Waals surface area (Å²) in [5.74, 6) is -1.63. The third kappa shape index (κ3) is 18.3. The van der Waals surface area contributed by atoms with E-state index in [1.54, 1.807) is 6.07 Å². The number of rotatable bonds is 23. The molecule has 87 heavy (non-hydrogen) atoms. The lowest BCUT2D eigenvalue weighted by atomic mass is 9.90. The van der Waals surface area contributed by atoms with E-state index in [0.29, 0.717) is 0 Å². The number of ether oxygens (including phenoxy) is 10. The lowest BCUT2D eigenvalue weighted by Gasteiger charge is -2.39. The van der Waals surface area contributed by atoms with Crippen molar-refractivity contribution in [2.75, 3.05) is 103 Å². The Morgan fingerprint density at radius 2 is 0.908 bits per heavy atom. The number of anilines is 1. The molecular weight excluding hydrogens is 1160 g/mol. The minimum Gasteiger partial charge on any atom is -0.545 e. The second-order valence-corrected chi connectivity index (χ2v) is 17.5. The second kappa shape index (κ2) is 32.8. The maximum absolute atomic E-state index is 13.4. The zero-order valence-corrected chi connectivity index (χ0v) is 49.1. The third-order valence-electron chi connectivity index (χ3n) is 12.4. The quantitative estimate of drug-likeness (QED) is 0.0199. The number of nitrogens with zero attached hydrogens (tertiary/aromatic N) is 2. The summed E-state index contributed by atoms with van der Waals surface area (Å²) in [6.07, 6.45) is -27.1. The number of likely N-dealkylation sites (N-methyl/N-ethyl adjacent to an activating group) is 2. The molecule has 0 saturated carbocycles. The molecule has 0 fully saturated rings. The lowest BCUT2D eigenvalue weighted by molar-refractivity contribution is -0.255. The first-order chi connectivity index (χ1) is 41.5.